The summed E-state index contributed by atoms with van der Waals surface area (Å²) in [5.74, 6) is 1.04. The molecule has 0 radical (unpaired) electrons. The molecule has 2 rings (SSSR count). The van der Waals surface area contributed by atoms with Gasteiger partial charge in [-0.2, -0.15) is 0 Å². The molecule has 0 spiro atoms. The summed E-state index contributed by atoms with van der Waals surface area (Å²) in [4.78, 5) is 0. The van der Waals surface area contributed by atoms with Gasteiger partial charge in [0.2, 0.25) is 0 Å². The first kappa shape index (κ1) is 13.4. The molecular weight excluding hydrogens is 222 g/mol. The van der Waals surface area contributed by atoms with Crippen LogP contribution in [0.3, 0.4) is 0 Å². The van der Waals surface area contributed by atoms with Crippen LogP contribution in [0, 0.1) is 6.92 Å². The van der Waals surface area contributed by atoms with Gasteiger partial charge >= 0.3 is 0 Å². The van der Waals surface area contributed by atoms with Crippen molar-refractivity contribution < 1.29 is 4.74 Å². The van der Waals surface area contributed by atoms with E-state index in [9.17, 15) is 0 Å². The Labute approximate surface area is 111 Å². The Hall–Kier alpha value is -1.02. The molecule has 0 saturated carbocycles. The zero-order valence-corrected chi connectivity index (χ0v) is 12.0. The fraction of sp³-hybridized carbons (Fsp3) is 0.625. The summed E-state index contributed by atoms with van der Waals surface area (Å²) in [6.07, 6.45) is 2.50. The largest absolute Gasteiger partial charge is 0.492 e. The maximum atomic E-state index is 6.04. The predicted octanol–water partition coefficient (Wildman–Crippen LogP) is 3.42. The second kappa shape index (κ2) is 5.31. The van der Waals surface area contributed by atoms with E-state index in [0.29, 0.717) is 6.04 Å². The van der Waals surface area contributed by atoms with E-state index >= 15 is 0 Å². The summed E-state index contributed by atoms with van der Waals surface area (Å²) in [7, 11) is 0. The molecule has 18 heavy (non-hydrogen) atoms. The van der Waals surface area contributed by atoms with Crippen LogP contribution in [0.4, 0.5) is 0 Å². The van der Waals surface area contributed by atoms with Crippen molar-refractivity contribution in [3.05, 3.63) is 29.3 Å². The molecule has 1 N–H and O–H groups in total. The third-order valence-corrected chi connectivity index (χ3v) is 3.55. The number of benzene rings is 1. The van der Waals surface area contributed by atoms with Gasteiger partial charge in [-0.3, -0.25) is 0 Å². The van der Waals surface area contributed by atoms with Crippen molar-refractivity contribution in [1.82, 2.24) is 5.32 Å². The number of hydrogen-bond donors (Lipinski definition) is 1. The van der Waals surface area contributed by atoms with Crippen LogP contribution in [0.15, 0.2) is 18.2 Å². The molecule has 2 heteroatoms. The Morgan fingerprint density at radius 3 is 2.72 bits per heavy atom. The number of aryl methyl sites for hydroxylation is 1. The van der Waals surface area contributed by atoms with E-state index in [1.165, 1.54) is 24.0 Å². The normalized spacial score (nSPS) is 20.1. The van der Waals surface area contributed by atoms with Gasteiger partial charge in [-0.1, -0.05) is 38.5 Å². The minimum absolute atomic E-state index is 0.129. The smallest absolute Gasteiger partial charge is 0.123 e. The van der Waals surface area contributed by atoms with Crippen LogP contribution >= 0.6 is 0 Å². The maximum absolute atomic E-state index is 6.04. The summed E-state index contributed by atoms with van der Waals surface area (Å²) < 4.78 is 6.04. The van der Waals surface area contributed by atoms with Crippen molar-refractivity contribution in [2.75, 3.05) is 13.2 Å². The van der Waals surface area contributed by atoms with Crippen molar-refractivity contribution in [2.24, 2.45) is 0 Å². The summed E-state index contributed by atoms with van der Waals surface area (Å²) in [5.41, 5.74) is 2.73. The number of hydrogen-bond acceptors (Lipinski definition) is 2. The first-order valence-corrected chi connectivity index (χ1v) is 6.94. The van der Waals surface area contributed by atoms with Crippen LogP contribution in [0.1, 0.15) is 44.7 Å². The summed E-state index contributed by atoms with van der Waals surface area (Å²) >= 11 is 0. The van der Waals surface area contributed by atoms with Gasteiger partial charge in [-0.25, -0.2) is 0 Å². The standard InChI is InChI=1S/C16H25NO/c1-12-7-8-15(14(10-12)16(2,3)4)18-11-13-6-5-9-17-13/h7-8,10,13,17H,5-6,9,11H2,1-4H3. The lowest BCUT2D eigenvalue weighted by Gasteiger charge is -2.24. The number of nitrogens with one attached hydrogen (secondary N) is 1. The lowest BCUT2D eigenvalue weighted by Crippen LogP contribution is -2.28. The zero-order valence-electron chi connectivity index (χ0n) is 12.0. The molecule has 1 aromatic carbocycles. The molecule has 1 aliphatic rings. The number of rotatable bonds is 3. The molecule has 1 aliphatic heterocycles. The van der Waals surface area contributed by atoms with Gasteiger partial charge < -0.3 is 10.1 Å². The van der Waals surface area contributed by atoms with Crippen LogP contribution in [0.2, 0.25) is 0 Å². The highest BCUT2D eigenvalue weighted by molar-refractivity contribution is 5.41. The lowest BCUT2D eigenvalue weighted by atomic mass is 9.85. The fourth-order valence-corrected chi connectivity index (χ4v) is 2.45. The molecule has 1 aromatic rings. The van der Waals surface area contributed by atoms with Crippen molar-refractivity contribution in [2.45, 2.75) is 52.0 Å². The fourth-order valence-electron chi connectivity index (χ4n) is 2.45. The van der Waals surface area contributed by atoms with Gasteiger partial charge in [0.05, 0.1) is 0 Å². The lowest BCUT2D eigenvalue weighted by molar-refractivity contribution is 0.271. The van der Waals surface area contributed by atoms with Crippen molar-refractivity contribution in [3.63, 3.8) is 0 Å². The van der Waals surface area contributed by atoms with Gasteiger partial charge in [0.1, 0.15) is 12.4 Å². The molecule has 1 fully saturated rings. The number of ether oxygens (including phenoxy) is 1. The summed E-state index contributed by atoms with van der Waals surface area (Å²) in [5, 5.41) is 3.47. The van der Waals surface area contributed by atoms with Gasteiger partial charge in [-0.15, -0.1) is 0 Å². The third kappa shape index (κ3) is 3.26. The highest BCUT2D eigenvalue weighted by atomic mass is 16.5. The van der Waals surface area contributed by atoms with E-state index in [2.05, 4.69) is 51.2 Å². The molecule has 0 amide bonds. The summed E-state index contributed by atoms with van der Waals surface area (Å²) in [6, 6.07) is 7.02. The molecule has 2 nitrogen and oxygen atoms in total. The van der Waals surface area contributed by atoms with E-state index < -0.39 is 0 Å². The van der Waals surface area contributed by atoms with Crippen LogP contribution in [0.25, 0.3) is 0 Å². The minimum Gasteiger partial charge on any atom is -0.492 e. The Kier molecular flexibility index (Phi) is 3.96. The SMILES string of the molecule is Cc1ccc(OCC2CCCN2)c(C(C)(C)C)c1. The Balaban J connectivity index is 2.11. The van der Waals surface area contributed by atoms with E-state index in [1.54, 1.807) is 0 Å². The predicted molar refractivity (Wildman–Crippen MR) is 76.4 cm³/mol. The Morgan fingerprint density at radius 2 is 2.11 bits per heavy atom. The molecule has 1 heterocycles. The minimum atomic E-state index is 0.129. The van der Waals surface area contributed by atoms with Crippen molar-refractivity contribution in [1.29, 1.82) is 0 Å². The van der Waals surface area contributed by atoms with Crippen LogP contribution in [-0.2, 0) is 5.41 Å². The van der Waals surface area contributed by atoms with E-state index in [1.807, 2.05) is 0 Å². The van der Waals surface area contributed by atoms with Crippen molar-refractivity contribution in [3.8, 4) is 5.75 Å². The zero-order chi connectivity index (χ0) is 13.2. The maximum Gasteiger partial charge on any atom is 0.123 e. The molecule has 1 atom stereocenters. The Morgan fingerprint density at radius 1 is 1.33 bits per heavy atom. The van der Waals surface area contributed by atoms with Gasteiger partial charge in [0.15, 0.2) is 0 Å². The van der Waals surface area contributed by atoms with Crippen LogP contribution in [-0.4, -0.2) is 19.2 Å². The topological polar surface area (TPSA) is 21.3 Å². The first-order chi connectivity index (χ1) is 8.47. The van der Waals surface area contributed by atoms with Gasteiger partial charge in [0.25, 0.3) is 0 Å². The van der Waals surface area contributed by atoms with E-state index in [-0.39, 0.29) is 5.41 Å². The van der Waals surface area contributed by atoms with E-state index in [0.717, 1.165) is 18.9 Å². The monoisotopic (exact) mass is 247 g/mol. The van der Waals surface area contributed by atoms with Gasteiger partial charge in [0, 0.05) is 6.04 Å². The molecular formula is C16H25NO. The van der Waals surface area contributed by atoms with Crippen LogP contribution < -0.4 is 10.1 Å². The van der Waals surface area contributed by atoms with Gasteiger partial charge in [-0.05, 0) is 43.4 Å². The Bertz CT molecular complexity index is 400. The summed E-state index contributed by atoms with van der Waals surface area (Å²) in [6.45, 7) is 10.8. The molecule has 1 unspecified atom stereocenters. The van der Waals surface area contributed by atoms with Crippen LogP contribution in [0.5, 0.6) is 5.75 Å². The average Bonchev–Trinajstić information content (AvgIpc) is 2.79. The highest BCUT2D eigenvalue weighted by Crippen LogP contribution is 2.32. The molecule has 1 saturated heterocycles. The third-order valence-electron chi connectivity index (χ3n) is 3.55. The molecule has 100 valence electrons. The second-order valence-corrected chi connectivity index (χ2v) is 6.35. The molecule has 0 bridgehead atoms. The second-order valence-electron chi connectivity index (χ2n) is 6.35. The average molecular weight is 247 g/mol. The van der Waals surface area contributed by atoms with Crippen molar-refractivity contribution >= 4 is 0 Å². The van der Waals surface area contributed by atoms with E-state index in [4.69, 9.17) is 4.74 Å². The highest BCUT2D eigenvalue weighted by Gasteiger charge is 2.20. The molecule has 0 aliphatic carbocycles. The molecule has 0 aromatic heterocycles. The quantitative estimate of drug-likeness (QED) is 0.883. The first-order valence-electron chi connectivity index (χ1n) is 6.94.